The van der Waals surface area contributed by atoms with Crippen molar-refractivity contribution in [3.05, 3.63) is 0 Å². The lowest BCUT2D eigenvalue weighted by Gasteiger charge is -2.13. The second-order valence-corrected chi connectivity index (χ2v) is 8.99. The molecule has 0 aromatic carbocycles. The van der Waals surface area contributed by atoms with Crippen LogP contribution in [0.5, 0.6) is 0 Å². The van der Waals surface area contributed by atoms with Crippen molar-refractivity contribution in [3.8, 4) is 0 Å². The summed E-state index contributed by atoms with van der Waals surface area (Å²) in [4.78, 5) is 10.6. The van der Waals surface area contributed by atoms with Crippen LogP contribution >= 0.6 is 0 Å². The Kier molecular flexibility index (Phi) is 25.3. The van der Waals surface area contributed by atoms with E-state index < -0.39 is 0 Å². The van der Waals surface area contributed by atoms with E-state index in [1.807, 2.05) is 6.92 Å². The van der Waals surface area contributed by atoms with Crippen molar-refractivity contribution in [3.63, 3.8) is 0 Å². The summed E-state index contributed by atoms with van der Waals surface area (Å²) in [5.74, 6) is 0. The average molecular weight is 411 g/mol. The molecule has 2 nitrogen and oxygen atoms in total. The van der Waals surface area contributed by atoms with Gasteiger partial charge in [0, 0.05) is 13.0 Å². The Balaban J connectivity index is 3.12. The van der Waals surface area contributed by atoms with Crippen molar-refractivity contribution in [1.82, 2.24) is 0 Å². The van der Waals surface area contributed by atoms with Crippen molar-refractivity contribution >= 4 is 6.29 Å². The number of hydrogen-bond acceptors (Lipinski definition) is 2. The number of carbonyl (C=O) groups excluding carboxylic acids is 1. The van der Waals surface area contributed by atoms with Crippen LogP contribution in [0.4, 0.5) is 0 Å². The molecule has 0 aromatic heterocycles. The molecule has 0 spiro atoms. The van der Waals surface area contributed by atoms with Gasteiger partial charge in [0.25, 0.3) is 0 Å². The van der Waals surface area contributed by atoms with E-state index in [0.29, 0.717) is 6.42 Å². The zero-order valence-electron chi connectivity index (χ0n) is 20.2. The molecule has 0 aliphatic carbocycles. The molecule has 0 aliphatic rings. The van der Waals surface area contributed by atoms with E-state index >= 15 is 0 Å². The van der Waals surface area contributed by atoms with Crippen molar-refractivity contribution < 1.29 is 9.53 Å². The van der Waals surface area contributed by atoms with Gasteiger partial charge in [-0.2, -0.15) is 0 Å². The van der Waals surface area contributed by atoms with Gasteiger partial charge in [0.2, 0.25) is 0 Å². The third kappa shape index (κ3) is 23.8. The van der Waals surface area contributed by atoms with Gasteiger partial charge in [-0.3, -0.25) is 0 Å². The summed E-state index contributed by atoms with van der Waals surface area (Å²) in [5, 5.41) is 0. The maximum Gasteiger partial charge on any atom is 0.122 e. The first-order chi connectivity index (χ1) is 14.3. The molecule has 0 bridgehead atoms. The van der Waals surface area contributed by atoms with E-state index in [-0.39, 0.29) is 6.10 Å². The second kappa shape index (κ2) is 25.7. The number of aldehydes is 1. The van der Waals surface area contributed by atoms with Gasteiger partial charge in [0.05, 0.1) is 6.10 Å². The van der Waals surface area contributed by atoms with Gasteiger partial charge in [0.15, 0.2) is 0 Å². The molecule has 0 N–H and O–H groups in total. The highest BCUT2D eigenvalue weighted by Gasteiger charge is 2.06. The topological polar surface area (TPSA) is 26.3 Å². The van der Waals surface area contributed by atoms with E-state index in [1.54, 1.807) is 0 Å². The molecule has 1 atom stereocenters. The van der Waals surface area contributed by atoms with Crippen molar-refractivity contribution in [2.75, 3.05) is 6.61 Å². The summed E-state index contributed by atoms with van der Waals surface area (Å²) in [6.45, 7) is 5.02. The molecular formula is C27H54O2. The fourth-order valence-corrected chi connectivity index (χ4v) is 4.24. The number of unbranched alkanes of at least 4 members (excludes halogenated alkanes) is 19. The Morgan fingerprint density at radius 3 is 1.21 bits per heavy atom. The fraction of sp³-hybridized carbons (Fsp3) is 0.963. The van der Waals surface area contributed by atoms with Gasteiger partial charge in [-0.05, 0) is 13.3 Å². The highest BCUT2D eigenvalue weighted by atomic mass is 16.5. The summed E-state index contributed by atoms with van der Waals surface area (Å²) in [7, 11) is 0. The number of carbonyl (C=O) groups is 1. The molecule has 2 heteroatoms. The Labute approximate surface area is 184 Å². The molecule has 0 rings (SSSR count). The Bertz CT molecular complexity index is 303. The van der Waals surface area contributed by atoms with Crippen LogP contribution in [0.2, 0.25) is 0 Å². The van der Waals surface area contributed by atoms with Crippen LogP contribution in [0.1, 0.15) is 155 Å². The fourth-order valence-electron chi connectivity index (χ4n) is 4.24. The minimum absolute atomic E-state index is 0.160. The molecule has 0 radical (unpaired) electrons. The standard InChI is InChI=1S/C27H54O2/c1-3-5-6-7-8-9-10-11-12-13-14-15-16-17-18-19-20-21-22-23-24-27(25-26-28)29-4-2/h26-27H,3-25H2,1-2H3. The normalized spacial score (nSPS) is 12.3. The van der Waals surface area contributed by atoms with Crippen LogP contribution in [0, 0.1) is 0 Å². The Morgan fingerprint density at radius 2 is 0.897 bits per heavy atom. The van der Waals surface area contributed by atoms with Crippen LogP contribution < -0.4 is 0 Å². The zero-order chi connectivity index (χ0) is 21.3. The van der Waals surface area contributed by atoms with Crippen molar-refractivity contribution in [1.29, 1.82) is 0 Å². The van der Waals surface area contributed by atoms with E-state index in [1.165, 1.54) is 128 Å². The van der Waals surface area contributed by atoms with Gasteiger partial charge in [0.1, 0.15) is 6.29 Å². The van der Waals surface area contributed by atoms with Crippen LogP contribution in [-0.4, -0.2) is 19.0 Å². The van der Waals surface area contributed by atoms with Crippen molar-refractivity contribution in [2.45, 2.75) is 161 Å². The largest absolute Gasteiger partial charge is 0.378 e. The van der Waals surface area contributed by atoms with Gasteiger partial charge in [-0.15, -0.1) is 0 Å². The molecule has 0 aromatic rings. The summed E-state index contributed by atoms with van der Waals surface area (Å²) >= 11 is 0. The summed E-state index contributed by atoms with van der Waals surface area (Å²) in [6.07, 6.45) is 31.1. The minimum atomic E-state index is 0.160. The molecule has 0 aliphatic heterocycles. The van der Waals surface area contributed by atoms with E-state index in [4.69, 9.17) is 4.74 Å². The summed E-state index contributed by atoms with van der Waals surface area (Å²) in [5.41, 5.74) is 0. The maximum absolute atomic E-state index is 10.6. The number of ether oxygens (including phenoxy) is 1. The lowest BCUT2D eigenvalue weighted by Crippen LogP contribution is -2.13. The van der Waals surface area contributed by atoms with Gasteiger partial charge < -0.3 is 9.53 Å². The lowest BCUT2D eigenvalue weighted by molar-refractivity contribution is -0.110. The average Bonchev–Trinajstić information content (AvgIpc) is 2.72. The third-order valence-electron chi connectivity index (χ3n) is 6.14. The predicted octanol–water partition coefficient (Wildman–Crippen LogP) is 9.19. The molecule has 0 heterocycles. The molecule has 1 unspecified atom stereocenters. The predicted molar refractivity (Wildman–Crippen MR) is 129 cm³/mol. The Hall–Kier alpha value is -0.370. The first-order valence-corrected chi connectivity index (χ1v) is 13.4. The van der Waals surface area contributed by atoms with Crippen LogP contribution in [0.15, 0.2) is 0 Å². The van der Waals surface area contributed by atoms with E-state index in [9.17, 15) is 4.79 Å². The molecule has 0 amide bonds. The molecule has 0 fully saturated rings. The monoisotopic (exact) mass is 410 g/mol. The molecule has 174 valence electrons. The first-order valence-electron chi connectivity index (χ1n) is 13.4. The number of hydrogen-bond donors (Lipinski definition) is 0. The minimum Gasteiger partial charge on any atom is -0.378 e. The van der Waals surface area contributed by atoms with Gasteiger partial charge >= 0.3 is 0 Å². The van der Waals surface area contributed by atoms with Crippen LogP contribution in [-0.2, 0) is 9.53 Å². The highest BCUT2D eigenvalue weighted by Crippen LogP contribution is 2.16. The van der Waals surface area contributed by atoms with Gasteiger partial charge in [-0.25, -0.2) is 0 Å². The molecule has 29 heavy (non-hydrogen) atoms. The van der Waals surface area contributed by atoms with Crippen molar-refractivity contribution in [2.24, 2.45) is 0 Å². The smallest absolute Gasteiger partial charge is 0.122 e. The summed E-state index contributed by atoms with van der Waals surface area (Å²) < 4.78 is 5.59. The summed E-state index contributed by atoms with van der Waals surface area (Å²) in [6, 6.07) is 0. The molecular weight excluding hydrogens is 356 g/mol. The van der Waals surface area contributed by atoms with E-state index in [0.717, 1.165) is 19.3 Å². The zero-order valence-corrected chi connectivity index (χ0v) is 20.2. The maximum atomic E-state index is 10.6. The van der Waals surface area contributed by atoms with E-state index in [2.05, 4.69) is 6.92 Å². The lowest BCUT2D eigenvalue weighted by atomic mass is 10.0. The second-order valence-electron chi connectivity index (χ2n) is 8.99. The van der Waals surface area contributed by atoms with Crippen LogP contribution in [0.25, 0.3) is 0 Å². The quantitative estimate of drug-likeness (QED) is 0.111. The van der Waals surface area contributed by atoms with Crippen LogP contribution in [0.3, 0.4) is 0 Å². The molecule has 0 saturated carbocycles. The third-order valence-corrected chi connectivity index (χ3v) is 6.14. The SMILES string of the molecule is CCCCCCCCCCCCCCCCCCCCCCC(CC=O)OCC. The Morgan fingerprint density at radius 1 is 0.552 bits per heavy atom. The highest BCUT2D eigenvalue weighted by molar-refractivity contribution is 5.50. The van der Waals surface area contributed by atoms with Gasteiger partial charge in [-0.1, -0.05) is 135 Å². The first kappa shape index (κ1) is 28.6. The molecule has 0 saturated heterocycles. The number of rotatable bonds is 25.